The zero-order chi connectivity index (χ0) is 20.4. The number of fused-ring (bicyclic) bond motifs is 1. The second-order valence-electron chi connectivity index (χ2n) is 6.87. The summed E-state index contributed by atoms with van der Waals surface area (Å²) in [7, 11) is 0. The highest BCUT2D eigenvalue weighted by atomic mass is 16.6. The van der Waals surface area contributed by atoms with Crippen molar-refractivity contribution in [3.05, 3.63) is 106 Å². The molecule has 0 saturated carbocycles. The summed E-state index contributed by atoms with van der Waals surface area (Å²) in [6.07, 6.45) is 0. The van der Waals surface area contributed by atoms with E-state index in [4.69, 9.17) is 0 Å². The van der Waals surface area contributed by atoms with Crippen molar-refractivity contribution in [1.82, 2.24) is 15.5 Å². The van der Waals surface area contributed by atoms with Gasteiger partial charge in [0.25, 0.3) is 11.6 Å². The molecule has 7 nitrogen and oxygen atoms in total. The molecule has 3 aromatic carbocycles. The van der Waals surface area contributed by atoms with Crippen LogP contribution in [0.15, 0.2) is 78.9 Å². The highest BCUT2D eigenvalue weighted by Crippen LogP contribution is 2.30. The number of carbonyl (C=O) groups is 1. The molecular weight excluding hydrogens is 368 g/mol. The zero-order valence-corrected chi connectivity index (χ0v) is 15.6. The van der Waals surface area contributed by atoms with E-state index < -0.39 is 16.4 Å². The van der Waals surface area contributed by atoms with Crippen LogP contribution in [0, 0.1) is 10.1 Å². The van der Waals surface area contributed by atoms with Crippen LogP contribution in [0.3, 0.4) is 0 Å². The van der Waals surface area contributed by atoms with E-state index in [0.29, 0.717) is 10.9 Å². The summed E-state index contributed by atoms with van der Waals surface area (Å²) in [6, 6.07) is 23.5. The van der Waals surface area contributed by atoms with E-state index in [9.17, 15) is 14.9 Å². The number of amides is 1. The second kappa shape index (κ2) is 7.20. The van der Waals surface area contributed by atoms with Crippen molar-refractivity contribution in [3.8, 4) is 0 Å². The SMILES string of the molecule is CC(NC(=O)c1n[nH]c2ccc([N+](=O)[O-])cc12)(c1ccccc1)c1ccccc1. The lowest BCUT2D eigenvalue weighted by Gasteiger charge is -2.32. The minimum absolute atomic E-state index is 0.0955. The quantitative estimate of drug-likeness (QED) is 0.397. The van der Waals surface area contributed by atoms with Gasteiger partial charge in [-0.05, 0) is 24.1 Å². The minimum atomic E-state index is -0.814. The highest BCUT2D eigenvalue weighted by molar-refractivity contribution is 6.05. The van der Waals surface area contributed by atoms with Gasteiger partial charge in [-0.25, -0.2) is 0 Å². The van der Waals surface area contributed by atoms with Gasteiger partial charge in [-0.3, -0.25) is 20.0 Å². The normalized spacial score (nSPS) is 11.3. The number of hydrogen-bond donors (Lipinski definition) is 2. The number of rotatable bonds is 5. The number of hydrogen-bond acceptors (Lipinski definition) is 4. The molecule has 1 amide bonds. The molecule has 0 aliphatic carbocycles. The number of nitro groups is 1. The maximum Gasteiger partial charge on any atom is 0.273 e. The maximum absolute atomic E-state index is 13.2. The van der Waals surface area contributed by atoms with Crippen molar-refractivity contribution in [1.29, 1.82) is 0 Å². The molecule has 0 spiro atoms. The van der Waals surface area contributed by atoms with E-state index in [1.165, 1.54) is 12.1 Å². The van der Waals surface area contributed by atoms with Crippen LogP contribution in [-0.2, 0) is 5.54 Å². The number of aromatic nitrogens is 2. The molecule has 0 saturated heterocycles. The van der Waals surface area contributed by atoms with Crippen molar-refractivity contribution in [2.24, 2.45) is 0 Å². The predicted octanol–water partition coefficient (Wildman–Crippen LogP) is 4.16. The predicted molar refractivity (Wildman–Crippen MR) is 110 cm³/mol. The van der Waals surface area contributed by atoms with Crippen molar-refractivity contribution < 1.29 is 9.72 Å². The van der Waals surface area contributed by atoms with Crippen LogP contribution in [0.25, 0.3) is 10.9 Å². The van der Waals surface area contributed by atoms with Gasteiger partial charge in [0.1, 0.15) is 0 Å². The van der Waals surface area contributed by atoms with Gasteiger partial charge in [0.2, 0.25) is 0 Å². The summed E-state index contributed by atoms with van der Waals surface area (Å²) in [5.74, 6) is -0.424. The van der Waals surface area contributed by atoms with Gasteiger partial charge in [0.15, 0.2) is 5.69 Å². The summed E-state index contributed by atoms with van der Waals surface area (Å²) in [5, 5.41) is 21.5. The number of nitrogens with one attached hydrogen (secondary N) is 2. The fourth-order valence-corrected chi connectivity index (χ4v) is 3.43. The van der Waals surface area contributed by atoms with E-state index in [1.807, 2.05) is 67.6 Å². The molecule has 4 rings (SSSR count). The standard InChI is InChI=1S/C22H18N4O3/c1-22(15-8-4-2-5-9-15,16-10-6-3-7-11-16)23-21(27)20-18-14-17(26(28)29)12-13-19(18)24-25-20/h2-14H,1H3,(H,23,27)(H,24,25). The van der Waals surface area contributed by atoms with E-state index in [2.05, 4.69) is 15.5 Å². The fourth-order valence-electron chi connectivity index (χ4n) is 3.43. The molecule has 2 N–H and O–H groups in total. The molecule has 0 aliphatic rings. The number of aromatic amines is 1. The Bertz CT molecular complexity index is 1150. The van der Waals surface area contributed by atoms with E-state index in [0.717, 1.165) is 11.1 Å². The summed E-state index contributed by atoms with van der Waals surface area (Å²) in [4.78, 5) is 23.8. The summed E-state index contributed by atoms with van der Waals surface area (Å²) >= 11 is 0. The van der Waals surface area contributed by atoms with Crippen molar-refractivity contribution in [2.75, 3.05) is 0 Å². The lowest BCUT2D eigenvalue weighted by Crippen LogP contribution is -2.44. The van der Waals surface area contributed by atoms with Gasteiger partial charge in [-0.2, -0.15) is 5.10 Å². The van der Waals surface area contributed by atoms with Crippen LogP contribution < -0.4 is 5.32 Å². The lowest BCUT2D eigenvalue weighted by atomic mass is 9.84. The Morgan fingerprint density at radius 2 is 1.59 bits per heavy atom. The number of benzene rings is 3. The Hall–Kier alpha value is -4.00. The first-order valence-corrected chi connectivity index (χ1v) is 9.05. The summed E-state index contributed by atoms with van der Waals surface area (Å²) < 4.78 is 0. The smallest absolute Gasteiger partial charge is 0.273 e. The molecule has 0 radical (unpaired) electrons. The first-order valence-electron chi connectivity index (χ1n) is 9.05. The Labute approximate surface area is 166 Å². The van der Waals surface area contributed by atoms with E-state index in [1.54, 1.807) is 6.07 Å². The molecule has 1 aromatic heterocycles. The lowest BCUT2D eigenvalue weighted by molar-refractivity contribution is -0.384. The van der Waals surface area contributed by atoms with Gasteiger partial charge in [-0.15, -0.1) is 0 Å². The summed E-state index contributed by atoms with van der Waals surface area (Å²) in [6.45, 7) is 1.92. The Kier molecular flexibility index (Phi) is 4.56. The summed E-state index contributed by atoms with van der Waals surface area (Å²) in [5.41, 5.74) is 1.58. The van der Waals surface area contributed by atoms with Gasteiger partial charge in [0, 0.05) is 17.5 Å². The zero-order valence-electron chi connectivity index (χ0n) is 15.6. The average molecular weight is 386 g/mol. The highest BCUT2D eigenvalue weighted by Gasteiger charge is 2.32. The third kappa shape index (κ3) is 3.34. The molecule has 29 heavy (non-hydrogen) atoms. The van der Waals surface area contributed by atoms with Crippen LogP contribution in [-0.4, -0.2) is 21.0 Å². The van der Waals surface area contributed by atoms with Crippen molar-refractivity contribution in [3.63, 3.8) is 0 Å². The fraction of sp³-hybridized carbons (Fsp3) is 0.0909. The number of nitrogens with zero attached hydrogens (tertiary/aromatic N) is 2. The molecule has 0 aliphatic heterocycles. The van der Waals surface area contributed by atoms with Gasteiger partial charge in [0.05, 0.1) is 16.0 Å². The molecule has 1 heterocycles. The number of H-pyrrole nitrogens is 1. The Morgan fingerprint density at radius 3 is 2.14 bits per heavy atom. The van der Waals surface area contributed by atoms with Gasteiger partial charge < -0.3 is 5.32 Å². The largest absolute Gasteiger partial charge is 0.337 e. The number of nitro benzene ring substituents is 1. The van der Waals surface area contributed by atoms with Crippen molar-refractivity contribution >= 4 is 22.5 Å². The molecule has 0 fully saturated rings. The van der Waals surface area contributed by atoms with Gasteiger partial charge >= 0.3 is 0 Å². The molecule has 144 valence electrons. The molecule has 7 heteroatoms. The molecule has 4 aromatic rings. The Morgan fingerprint density at radius 1 is 1.00 bits per heavy atom. The van der Waals surface area contributed by atoms with Crippen LogP contribution in [0.5, 0.6) is 0 Å². The van der Waals surface area contributed by atoms with Crippen LogP contribution in [0.1, 0.15) is 28.5 Å². The Balaban J connectivity index is 1.77. The molecule has 0 bridgehead atoms. The average Bonchev–Trinajstić information content (AvgIpc) is 3.18. The van der Waals surface area contributed by atoms with Crippen LogP contribution in [0.2, 0.25) is 0 Å². The monoisotopic (exact) mass is 386 g/mol. The third-order valence-electron chi connectivity index (χ3n) is 5.04. The molecule has 0 atom stereocenters. The van der Waals surface area contributed by atoms with E-state index in [-0.39, 0.29) is 11.4 Å². The third-order valence-corrected chi connectivity index (χ3v) is 5.04. The topological polar surface area (TPSA) is 101 Å². The molecule has 0 unspecified atom stereocenters. The maximum atomic E-state index is 13.2. The van der Waals surface area contributed by atoms with Crippen LogP contribution >= 0.6 is 0 Å². The van der Waals surface area contributed by atoms with E-state index >= 15 is 0 Å². The first-order chi connectivity index (χ1) is 14.0. The first kappa shape index (κ1) is 18.4. The van der Waals surface area contributed by atoms with Crippen LogP contribution in [0.4, 0.5) is 5.69 Å². The van der Waals surface area contributed by atoms with Crippen molar-refractivity contribution in [2.45, 2.75) is 12.5 Å². The number of non-ortho nitro benzene ring substituents is 1. The number of carbonyl (C=O) groups excluding carboxylic acids is 1. The van der Waals surface area contributed by atoms with Gasteiger partial charge in [-0.1, -0.05) is 60.7 Å². The minimum Gasteiger partial charge on any atom is -0.337 e. The second-order valence-corrected chi connectivity index (χ2v) is 6.87. The molecular formula is C22H18N4O3.